The van der Waals surface area contributed by atoms with Gasteiger partial charge in [-0.25, -0.2) is 0 Å². The van der Waals surface area contributed by atoms with E-state index >= 15 is 0 Å². The third-order valence-corrected chi connectivity index (χ3v) is 4.07. The van der Waals surface area contributed by atoms with Gasteiger partial charge < -0.3 is 10.6 Å². The molecule has 0 aliphatic heterocycles. The largest absolute Gasteiger partial charge is 0.329 e. The molecule has 0 spiro atoms. The van der Waals surface area contributed by atoms with Crippen LogP contribution in [-0.2, 0) is 0 Å². The van der Waals surface area contributed by atoms with Gasteiger partial charge in [0, 0.05) is 28.6 Å². The molecule has 1 atom stereocenters. The van der Waals surface area contributed by atoms with Crippen molar-refractivity contribution in [3.63, 3.8) is 0 Å². The number of benzene rings is 1. The van der Waals surface area contributed by atoms with Gasteiger partial charge in [-0.05, 0) is 31.8 Å². The molecular weight excluding hydrogens is 284 g/mol. The Morgan fingerprint density at radius 3 is 2.75 bits per heavy atom. The summed E-state index contributed by atoms with van der Waals surface area (Å²) in [7, 11) is 4.19. The van der Waals surface area contributed by atoms with Gasteiger partial charge in [0.25, 0.3) is 0 Å². The smallest absolute Gasteiger partial charge is 0.0420 e. The summed E-state index contributed by atoms with van der Waals surface area (Å²) in [6.07, 6.45) is 0. The van der Waals surface area contributed by atoms with E-state index in [1.807, 2.05) is 17.8 Å². The summed E-state index contributed by atoms with van der Waals surface area (Å²) in [5.41, 5.74) is 7.13. The first-order valence-corrected chi connectivity index (χ1v) is 7.19. The Balaban J connectivity index is 2.53. The first-order valence-electron chi connectivity index (χ1n) is 5.35. The van der Waals surface area contributed by atoms with Crippen LogP contribution in [0.1, 0.15) is 10.8 Å². The number of nitrogens with zero attached hydrogens (tertiary/aromatic N) is 1. The van der Waals surface area contributed by atoms with E-state index in [9.17, 15) is 0 Å². The van der Waals surface area contributed by atoms with Crippen molar-refractivity contribution in [3.8, 4) is 0 Å². The lowest BCUT2D eigenvalue weighted by molar-refractivity contribution is 0.437. The van der Waals surface area contributed by atoms with Crippen LogP contribution in [-0.4, -0.2) is 37.8 Å². The van der Waals surface area contributed by atoms with Crippen molar-refractivity contribution in [2.45, 2.75) is 5.25 Å². The molecule has 0 aliphatic rings. The lowest BCUT2D eigenvalue weighted by Gasteiger charge is -2.16. The van der Waals surface area contributed by atoms with Crippen molar-refractivity contribution in [2.75, 3.05) is 32.9 Å². The van der Waals surface area contributed by atoms with Gasteiger partial charge in [-0.1, -0.05) is 28.1 Å². The Morgan fingerprint density at radius 2 is 2.19 bits per heavy atom. The molecule has 1 rings (SSSR count). The molecular formula is C12H19BrN2S. The van der Waals surface area contributed by atoms with Crippen LogP contribution in [0, 0.1) is 0 Å². The van der Waals surface area contributed by atoms with E-state index < -0.39 is 0 Å². The number of thioether (sulfide) groups is 1. The van der Waals surface area contributed by atoms with Gasteiger partial charge in [-0.2, -0.15) is 11.8 Å². The maximum Gasteiger partial charge on any atom is 0.0420 e. The van der Waals surface area contributed by atoms with Crippen molar-refractivity contribution in [1.82, 2.24) is 4.90 Å². The minimum absolute atomic E-state index is 0.400. The quantitative estimate of drug-likeness (QED) is 0.876. The first-order chi connectivity index (χ1) is 7.63. The highest BCUT2D eigenvalue weighted by atomic mass is 79.9. The number of hydrogen-bond donors (Lipinski definition) is 1. The predicted octanol–water partition coefficient (Wildman–Crippen LogP) is 2.74. The molecule has 2 nitrogen and oxygen atoms in total. The minimum Gasteiger partial charge on any atom is -0.329 e. The van der Waals surface area contributed by atoms with Crippen molar-refractivity contribution >= 4 is 27.7 Å². The van der Waals surface area contributed by atoms with E-state index in [0.717, 1.165) is 16.8 Å². The molecule has 0 heterocycles. The van der Waals surface area contributed by atoms with Gasteiger partial charge in [0.15, 0.2) is 0 Å². The maximum absolute atomic E-state index is 5.82. The highest BCUT2D eigenvalue weighted by Gasteiger charge is 2.10. The molecule has 0 saturated heterocycles. The summed E-state index contributed by atoms with van der Waals surface area (Å²) in [5, 5.41) is 0.400. The van der Waals surface area contributed by atoms with E-state index in [-0.39, 0.29) is 0 Å². The average molecular weight is 303 g/mol. The Kier molecular flexibility index (Phi) is 6.43. The van der Waals surface area contributed by atoms with E-state index in [1.165, 1.54) is 5.56 Å². The summed E-state index contributed by atoms with van der Waals surface area (Å²) >= 11 is 5.42. The summed E-state index contributed by atoms with van der Waals surface area (Å²) in [6.45, 7) is 1.78. The zero-order valence-electron chi connectivity index (χ0n) is 9.82. The fourth-order valence-corrected chi connectivity index (χ4v) is 3.03. The Bertz CT molecular complexity index is 318. The van der Waals surface area contributed by atoms with Crippen LogP contribution in [0.5, 0.6) is 0 Å². The van der Waals surface area contributed by atoms with E-state index in [0.29, 0.717) is 11.8 Å². The highest BCUT2D eigenvalue weighted by molar-refractivity contribution is 9.10. The summed E-state index contributed by atoms with van der Waals surface area (Å²) in [5.74, 6) is 1.11. The SMILES string of the molecule is CN(C)CCSC(CN)c1cccc(Br)c1. The molecule has 0 aromatic heterocycles. The lowest BCUT2D eigenvalue weighted by atomic mass is 10.1. The molecule has 1 unspecified atom stereocenters. The molecule has 0 amide bonds. The number of halogens is 1. The van der Waals surface area contributed by atoms with E-state index in [4.69, 9.17) is 5.73 Å². The zero-order valence-corrected chi connectivity index (χ0v) is 12.2. The van der Waals surface area contributed by atoms with Crippen molar-refractivity contribution in [1.29, 1.82) is 0 Å². The van der Waals surface area contributed by atoms with E-state index in [2.05, 4.69) is 53.1 Å². The van der Waals surface area contributed by atoms with Gasteiger partial charge in [0.1, 0.15) is 0 Å². The highest BCUT2D eigenvalue weighted by Crippen LogP contribution is 2.29. The van der Waals surface area contributed by atoms with Crippen molar-refractivity contribution in [3.05, 3.63) is 34.3 Å². The molecule has 1 aromatic rings. The first kappa shape index (κ1) is 14.0. The third-order valence-electron chi connectivity index (χ3n) is 2.29. The molecule has 0 bridgehead atoms. The van der Waals surface area contributed by atoms with E-state index in [1.54, 1.807) is 0 Å². The summed E-state index contributed by atoms with van der Waals surface area (Å²) < 4.78 is 1.12. The van der Waals surface area contributed by atoms with Gasteiger partial charge in [-0.15, -0.1) is 0 Å². The standard InChI is InChI=1S/C12H19BrN2S/c1-15(2)6-7-16-12(9-14)10-4-3-5-11(13)8-10/h3-5,8,12H,6-7,9,14H2,1-2H3. The molecule has 0 radical (unpaired) electrons. The zero-order chi connectivity index (χ0) is 12.0. The lowest BCUT2D eigenvalue weighted by Crippen LogP contribution is -2.17. The van der Waals surface area contributed by atoms with Gasteiger partial charge in [0.2, 0.25) is 0 Å². The number of nitrogens with two attached hydrogens (primary N) is 1. The summed E-state index contributed by atoms with van der Waals surface area (Å²) in [4.78, 5) is 2.20. The second-order valence-corrected chi connectivity index (χ2v) is 6.18. The van der Waals surface area contributed by atoms with Crippen LogP contribution in [0.4, 0.5) is 0 Å². The minimum atomic E-state index is 0.400. The van der Waals surface area contributed by atoms with Gasteiger partial charge in [-0.3, -0.25) is 0 Å². The Hall–Kier alpha value is -0.0300. The van der Waals surface area contributed by atoms with Crippen LogP contribution in [0.25, 0.3) is 0 Å². The van der Waals surface area contributed by atoms with Crippen LogP contribution >= 0.6 is 27.7 Å². The average Bonchev–Trinajstić information content (AvgIpc) is 2.24. The second kappa shape index (κ2) is 7.33. The van der Waals surface area contributed by atoms with Crippen LogP contribution in [0.2, 0.25) is 0 Å². The van der Waals surface area contributed by atoms with Gasteiger partial charge >= 0.3 is 0 Å². The van der Waals surface area contributed by atoms with Crippen LogP contribution in [0.3, 0.4) is 0 Å². The van der Waals surface area contributed by atoms with Crippen molar-refractivity contribution in [2.24, 2.45) is 5.73 Å². The molecule has 0 aliphatic carbocycles. The fraction of sp³-hybridized carbons (Fsp3) is 0.500. The van der Waals surface area contributed by atoms with Crippen LogP contribution < -0.4 is 5.73 Å². The number of hydrogen-bond acceptors (Lipinski definition) is 3. The normalized spacial score (nSPS) is 13.1. The van der Waals surface area contributed by atoms with Crippen molar-refractivity contribution < 1.29 is 0 Å². The Labute approximate surface area is 111 Å². The number of rotatable bonds is 6. The Morgan fingerprint density at radius 1 is 1.44 bits per heavy atom. The van der Waals surface area contributed by atoms with Gasteiger partial charge in [0.05, 0.1) is 0 Å². The molecule has 0 saturated carbocycles. The molecule has 0 fully saturated rings. The van der Waals surface area contributed by atoms with Crippen LogP contribution in [0.15, 0.2) is 28.7 Å². The topological polar surface area (TPSA) is 29.3 Å². The summed E-state index contributed by atoms with van der Waals surface area (Å²) in [6, 6.07) is 8.40. The predicted molar refractivity (Wildman–Crippen MR) is 76.9 cm³/mol. The molecule has 4 heteroatoms. The maximum atomic E-state index is 5.82. The molecule has 16 heavy (non-hydrogen) atoms. The second-order valence-electron chi connectivity index (χ2n) is 3.95. The third kappa shape index (κ3) is 4.87. The molecule has 1 aromatic carbocycles. The monoisotopic (exact) mass is 302 g/mol. The molecule has 90 valence electrons. The fourth-order valence-electron chi connectivity index (χ4n) is 1.38. The molecule has 2 N–H and O–H groups in total.